The lowest BCUT2D eigenvalue weighted by Crippen LogP contribution is -2.46. The molecule has 1 N–H and O–H groups in total. The largest absolute Gasteiger partial charge is 0.305 e. The summed E-state index contributed by atoms with van der Waals surface area (Å²) < 4.78 is 1.22. The summed E-state index contributed by atoms with van der Waals surface area (Å²) in [5, 5.41) is 3.76. The van der Waals surface area contributed by atoms with Gasteiger partial charge in [-0.15, -0.1) is 11.3 Å². The predicted molar refractivity (Wildman–Crippen MR) is 78.7 cm³/mol. The summed E-state index contributed by atoms with van der Waals surface area (Å²) in [6.07, 6.45) is 2.64. The summed E-state index contributed by atoms with van der Waals surface area (Å²) in [6.45, 7) is 8.17. The fourth-order valence-corrected chi connectivity index (χ4v) is 3.91. The van der Waals surface area contributed by atoms with Crippen LogP contribution in [-0.2, 0) is 0 Å². The minimum absolute atomic E-state index is 0.466. The van der Waals surface area contributed by atoms with Gasteiger partial charge in [0.2, 0.25) is 0 Å². The Morgan fingerprint density at radius 1 is 1.59 bits per heavy atom. The number of nitrogens with one attached hydrogen (secondary N) is 1. The third kappa shape index (κ3) is 3.78. The van der Waals surface area contributed by atoms with Crippen LogP contribution in [0.25, 0.3) is 0 Å². The van der Waals surface area contributed by atoms with Crippen LogP contribution in [0.15, 0.2) is 15.9 Å². The molecule has 1 aliphatic heterocycles. The van der Waals surface area contributed by atoms with Crippen molar-refractivity contribution in [3.05, 3.63) is 20.8 Å². The number of halogens is 1. The van der Waals surface area contributed by atoms with Gasteiger partial charge in [-0.2, -0.15) is 0 Å². The minimum Gasteiger partial charge on any atom is -0.305 e. The molecule has 0 amide bonds. The van der Waals surface area contributed by atoms with E-state index < -0.39 is 0 Å². The first-order valence-electron chi connectivity index (χ1n) is 6.42. The first-order chi connectivity index (χ1) is 8.19. The molecule has 2 unspecified atom stereocenters. The van der Waals surface area contributed by atoms with E-state index in [2.05, 4.69) is 52.1 Å². The fraction of sp³-hybridized carbons (Fsp3) is 0.692. The lowest BCUT2D eigenvalue weighted by Gasteiger charge is -2.33. The molecule has 1 saturated heterocycles. The topological polar surface area (TPSA) is 15.3 Å². The summed E-state index contributed by atoms with van der Waals surface area (Å²) in [5.74, 6) is 0. The van der Waals surface area contributed by atoms with Gasteiger partial charge in [0, 0.05) is 23.5 Å². The highest BCUT2D eigenvalue weighted by Crippen LogP contribution is 2.27. The quantitative estimate of drug-likeness (QED) is 0.912. The number of likely N-dealkylation sites (tertiary alicyclic amines) is 1. The average molecular weight is 317 g/mol. The summed E-state index contributed by atoms with van der Waals surface area (Å²) in [7, 11) is 0. The van der Waals surface area contributed by atoms with Crippen molar-refractivity contribution in [1.82, 2.24) is 10.2 Å². The Kier molecular flexibility index (Phi) is 5.03. The molecule has 2 heterocycles. The van der Waals surface area contributed by atoms with E-state index in [0.29, 0.717) is 12.1 Å². The van der Waals surface area contributed by atoms with Crippen LogP contribution in [0.1, 0.15) is 37.6 Å². The molecule has 0 aliphatic carbocycles. The van der Waals surface area contributed by atoms with E-state index in [-0.39, 0.29) is 0 Å². The van der Waals surface area contributed by atoms with Gasteiger partial charge in [-0.3, -0.25) is 0 Å². The summed E-state index contributed by atoms with van der Waals surface area (Å²) in [6, 6.07) is 5.47. The molecule has 1 aromatic rings. The van der Waals surface area contributed by atoms with Gasteiger partial charge in [-0.25, -0.2) is 0 Å². The molecule has 96 valence electrons. The second kappa shape index (κ2) is 6.32. The van der Waals surface area contributed by atoms with Crippen LogP contribution in [-0.4, -0.2) is 30.6 Å². The highest BCUT2D eigenvalue weighted by atomic mass is 79.9. The number of hydrogen-bond acceptors (Lipinski definition) is 3. The molecule has 1 fully saturated rings. The normalized spacial score (nSPS) is 23.8. The van der Waals surface area contributed by atoms with Gasteiger partial charge in [0.15, 0.2) is 0 Å². The van der Waals surface area contributed by atoms with Crippen LogP contribution in [0.5, 0.6) is 0 Å². The Balaban J connectivity index is 1.87. The van der Waals surface area contributed by atoms with Gasteiger partial charge < -0.3 is 10.2 Å². The van der Waals surface area contributed by atoms with E-state index in [1.54, 1.807) is 0 Å². The Morgan fingerprint density at radius 2 is 2.41 bits per heavy atom. The molecule has 2 atom stereocenters. The van der Waals surface area contributed by atoms with Gasteiger partial charge >= 0.3 is 0 Å². The predicted octanol–water partition coefficient (Wildman–Crippen LogP) is 3.65. The Morgan fingerprint density at radius 3 is 3.06 bits per heavy atom. The second-order valence-electron chi connectivity index (χ2n) is 4.76. The van der Waals surface area contributed by atoms with E-state index in [1.165, 1.54) is 41.1 Å². The molecule has 2 nitrogen and oxygen atoms in total. The summed E-state index contributed by atoms with van der Waals surface area (Å²) in [5.41, 5.74) is 0. The Labute approximate surface area is 117 Å². The highest BCUT2D eigenvalue weighted by molar-refractivity contribution is 9.11. The number of thiophene rings is 1. The van der Waals surface area contributed by atoms with Gasteiger partial charge in [-0.1, -0.05) is 6.92 Å². The smallest absolute Gasteiger partial charge is 0.0701 e. The van der Waals surface area contributed by atoms with Crippen molar-refractivity contribution in [3.8, 4) is 0 Å². The molecular weight excluding hydrogens is 296 g/mol. The number of piperidine rings is 1. The number of nitrogens with zero attached hydrogens (tertiary/aromatic N) is 1. The molecule has 1 aromatic heterocycles. The zero-order chi connectivity index (χ0) is 12.3. The number of rotatable bonds is 4. The second-order valence-corrected chi connectivity index (χ2v) is 7.26. The maximum Gasteiger partial charge on any atom is 0.0701 e. The van der Waals surface area contributed by atoms with Crippen molar-refractivity contribution in [2.75, 3.05) is 19.6 Å². The SMILES string of the molecule is CCN1CCCC(NC(C)c2ccc(Br)s2)C1. The van der Waals surface area contributed by atoms with E-state index in [9.17, 15) is 0 Å². The standard InChI is InChI=1S/C13H21BrN2S/c1-3-16-8-4-5-11(9-16)15-10(2)12-6-7-13(14)17-12/h6-7,10-11,15H,3-5,8-9H2,1-2H3. The molecule has 0 aromatic carbocycles. The molecule has 0 bridgehead atoms. The Bertz CT molecular complexity index is 353. The maximum absolute atomic E-state index is 3.76. The van der Waals surface area contributed by atoms with Crippen LogP contribution < -0.4 is 5.32 Å². The first-order valence-corrected chi connectivity index (χ1v) is 8.03. The van der Waals surface area contributed by atoms with Crippen LogP contribution in [0.3, 0.4) is 0 Å². The van der Waals surface area contributed by atoms with Crippen molar-refractivity contribution in [3.63, 3.8) is 0 Å². The molecule has 0 radical (unpaired) electrons. The third-order valence-corrected chi connectivity index (χ3v) is 5.27. The third-order valence-electron chi connectivity index (χ3n) is 3.46. The van der Waals surface area contributed by atoms with Crippen molar-refractivity contribution in [2.24, 2.45) is 0 Å². The monoisotopic (exact) mass is 316 g/mol. The highest BCUT2D eigenvalue weighted by Gasteiger charge is 2.20. The average Bonchev–Trinajstić information content (AvgIpc) is 2.76. The van der Waals surface area contributed by atoms with Gasteiger partial charge in [0.1, 0.15) is 0 Å². The van der Waals surface area contributed by atoms with E-state index in [1.807, 2.05) is 11.3 Å². The van der Waals surface area contributed by atoms with Crippen LogP contribution in [0.4, 0.5) is 0 Å². The van der Waals surface area contributed by atoms with E-state index in [4.69, 9.17) is 0 Å². The van der Waals surface area contributed by atoms with Crippen molar-refractivity contribution >= 4 is 27.3 Å². The lowest BCUT2D eigenvalue weighted by atomic mass is 10.0. The maximum atomic E-state index is 3.76. The van der Waals surface area contributed by atoms with Gasteiger partial charge in [0.05, 0.1) is 3.79 Å². The van der Waals surface area contributed by atoms with E-state index in [0.717, 1.165) is 0 Å². The molecule has 0 saturated carbocycles. The van der Waals surface area contributed by atoms with Crippen LogP contribution in [0.2, 0.25) is 0 Å². The minimum atomic E-state index is 0.466. The molecule has 4 heteroatoms. The first kappa shape index (κ1) is 13.5. The van der Waals surface area contributed by atoms with E-state index >= 15 is 0 Å². The van der Waals surface area contributed by atoms with Gasteiger partial charge in [0.25, 0.3) is 0 Å². The number of hydrogen-bond donors (Lipinski definition) is 1. The van der Waals surface area contributed by atoms with Crippen LogP contribution >= 0.6 is 27.3 Å². The van der Waals surface area contributed by atoms with Gasteiger partial charge in [-0.05, 0) is 60.9 Å². The molecule has 1 aliphatic rings. The lowest BCUT2D eigenvalue weighted by molar-refractivity contribution is 0.192. The van der Waals surface area contributed by atoms with Crippen molar-refractivity contribution in [2.45, 2.75) is 38.8 Å². The molecular formula is C13H21BrN2S. The Hall–Kier alpha value is 0.1000. The molecule has 2 rings (SSSR count). The van der Waals surface area contributed by atoms with Crippen LogP contribution in [0, 0.1) is 0 Å². The zero-order valence-electron chi connectivity index (χ0n) is 10.6. The number of likely N-dealkylation sites (N-methyl/N-ethyl adjacent to an activating group) is 1. The molecule has 17 heavy (non-hydrogen) atoms. The summed E-state index contributed by atoms with van der Waals surface area (Å²) >= 11 is 5.36. The zero-order valence-corrected chi connectivity index (χ0v) is 13.0. The molecule has 0 spiro atoms. The van der Waals surface area contributed by atoms with Crippen molar-refractivity contribution in [1.29, 1.82) is 0 Å². The fourth-order valence-electron chi connectivity index (χ4n) is 2.48. The van der Waals surface area contributed by atoms with Crippen molar-refractivity contribution < 1.29 is 0 Å². The summed E-state index contributed by atoms with van der Waals surface area (Å²) in [4.78, 5) is 3.96.